The van der Waals surface area contributed by atoms with E-state index < -0.39 is 0 Å². The molecule has 2 nitrogen and oxygen atoms in total. The molecule has 0 atom stereocenters. The highest BCUT2D eigenvalue weighted by atomic mass is 15.2. The molecule has 0 fully saturated rings. The first-order valence-electron chi connectivity index (χ1n) is 28.8. The highest BCUT2D eigenvalue weighted by Crippen LogP contribution is 2.60. The molecule has 6 aliphatic rings. The molecule has 7 aromatic carbocycles. The summed E-state index contributed by atoms with van der Waals surface area (Å²) >= 11 is 0. The molecular weight excluding hydrogens is 904 g/mol. The van der Waals surface area contributed by atoms with E-state index in [2.05, 4.69) is 236 Å². The van der Waals surface area contributed by atoms with Crippen molar-refractivity contribution in [1.29, 1.82) is 0 Å². The van der Waals surface area contributed by atoms with Gasteiger partial charge in [-0.3, -0.25) is 0 Å². The number of hydrogen-bond donors (Lipinski definition) is 1. The van der Waals surface area contributed by atoms with Crippen molar-refractivity contribution < 1.29 is 0 Å². The first-order chi connectivity index (χ1) is 35.1. The van der Waals surface area contributed by atoms with Gasteiger partial charge < -0.3 is 10.2 Å². The van der Waals surface area contributed by atoms with Crippen molar-refractivity contribution in [2.45, 2.75) is 193 Å². The van der Waals surface area contributed by atoms with Crippen LogP contribution in [0.4, 0.5) is 28.4 Å². The van der Waals surface area contributed by atoms with Crippen molar-refractivity contribution in [3.8, 4) is 33.4 Å². The lowest BCUT2D eigenvalue weighted by Gasteiger charge is -2.46. The summed E-state index contributed by atoms with van der Waals surface area (Å²) in [5.41, 5.74) is 32.0. The maximum atomic E-state index is 4.34. The molecule has 0 radical (unpaired) electrons. The molecule has 1 aliphatic heterocycles. The van der Waals surface area contributed by atoms with Crippen molar-refractivity contribution in [3.63, 3.8) is 0 Å². The van der Waals surface area contributed by atoms with Crippen LogP contribution in [-0.4, -0.2) is 7.28 Å². The summed E-state index contributed by atoms with van der Waals surface area (Å²) in [5.74, 6) is 0. The second kappa shape index (κ2) is 15.4. The third-order valence-corrected chi connectivity index (χ3v) is 21.1. The van der Waals surface area contributed by atoms with Crippen LogP contribution < -0.4 is 21.1 Å². The van der Waals surface area contributed by atoms with Crippen LogP contribution in [0.25, 0.3) is 33.4 Å². The van der Waals surface area contributed by atoms with Crippen LogP contribution in [0, 0.1) is 0 Å². The molecular formula is C72H81BN2. The van der Waals surface area contributed by atoms with Crippen molar-refractivity contribution in [1.82, 2.24) is 0 Å². The average molecular weight is 985 g/mol. The summed E-state index contributed by atoms with van der Waals surface area (Å²) < 4.78 is 0. The Hall–Kier alpha value is -5.80. The van der Waals surface area contributed by atoms with Gasteiger partial charge in [-0.15, -0.1) is 0 Å². The maximum absolute atomic E-state index is 4.34. The van der Waals surface area contributed by atoms with Gasteiger partial charge in [-0.2, -0.15) is 0 Å². The van der Waals surface area contributed by atoms with E-state index in [1.165, 1.54) is 167 Å². The van der Waals surface area contributed by atoms with Gasteiger partial charge in [0.15, 0.2) is 7.28 Å². The first-order valence-corrected chi connectivity index (χ1v) is 28.8. The molecule has 13 rings (SSSR count). The lowest BCUT2D eigenvalue weighted by Crippen LogP contribution is -2.45. The quantitative estimate of drug-likeness (QED) is 0.177. The van der Waals surface area contributed by atoms with Crippen LogP contribution in [0.15, 0.2) is 115 Å². The molecule has 0 unspecified atom stereocenters. The Bertz CT molecular complexity index is 3620. The lowest BCUT2D eigenvalue weighted by molar-refractivity contribution is 0.332. The number of anilines is 5. The van der Waals surface area contributed by atoms with E-state index in [9.17, 15) is 0 Å². The molecule has 0 bridgehead atoms. The van der Waals surface area contributed by atoms with Gasteiger partial charge in [0.2, 0.25) is 0 Å². The Morgan fingerprint density at radius 2 is 0.880 bits per heavy atom. The van der Waals surface area contributed by atoms with Crippen molar-refractivity contribution in [3.05, 3.63) is 171 Å². The molecule has 0 aromatic heterocycles. The van der Waals surface area contributed by atoms with Crippen LogP contribution in [0.5, 0.6) is 0 Å². The first kappa shape index (κ1) is 48.8. The molecule has 0 spiro atoms. The minimum Gasteiger partial charge on any atom is -0.354 e. The number of hydrogen-bond acceptors (Lipinski definition) is 2. The van der Waals surface area contributed by atoms with Crippen molar-refractivity contribution >= 4 is 46.6 Å². The monoisotopic (exact) mass is 985 g/mol. The van der Waals surface area contributed by atoms with Gasteiger partial charge in [0.1, 0.15) is 0 Å². The standard InChI is InChI=1S/C72H81BN2/c1-65(2)31-33-67(5,6)54-37-42(25-28-51(54)65)74-63-45(27-30-53-60(63)46-22-18-20-24-50(46)71(53,13)14)48-39-47-44-21-17-19-23-49(44)72(15,16)61(47)64-62(48)73-58-40-56-57(70(11,12)36-35-69(56,9)10)41-59(58)75(64)43-26-29-52-55(38-43)68(7,8)34-32-66(52,3)4/h17-30,37-41,73-74H,31-36H2,1-16H3. The lowest BCUT2D eigenvalue weighted by atomic mass is 9.54. The third kappa shape index (κ3) is 6.90. The maximum Gasteiger partial charge on any atom is 0.198 e. The van der Waals surface area contributed by atoms with E-state index in [4.69, 9.17) is 0 Å². The second-order valence-corrected chi connectivity index (χ2v) is 29.4. The molecule has 5 aliphatic carbocycles. The van der Waals surface area contributed by atoms with Gasteiger partial charge in [-0.05, 0) is 191 Å². The summed E-state index contributed by atoms with van der Waals surface area (Å²) in [6.07, 6.45) is 7.12. The van der Waals surface area contributed by atoms with E-state index in [0.29, 0.717) is 0 Å². The van der Waals surface area contributed by atoms with Crippen molar-refractivity contribution in [2.75, 3.05) is 10.2 Å². The SMILES string of the molecule is CC1(C)CCC(C)(C)c2cc(Nc3c(-c4cc5c(c6c4Bc4cc7c(cc4N6c4ccc6c(c4)C(C)(C)CCC6(C)C)C(C)(C)CCC7(C)C)C(C)(C)c4ccccc4-5)ccc4c3-c3ccccc3C4(C)C)ccc21. The van der Waals surface area contributed by atoms with E-state index in [1.54, 1.807) is 0 Å². The van der Waals surface area contributed by atoms with Crippen LogP contribution in [0.2, 0.25) is 0 Å². The zero-order valence-corrected chi connectivity index (χ0v) is 48.4. The topological polar surface area (TPSA) is 15.3 Å². The summed E-state index contributed by atoms with van der Waals surface area (Å²) in [6, 6.07) is 46.6. The zero-order valence-electron chi connectivity index (χ0n) is 48.4. The predicted octanol–water partition coefficient (Wildman–Crippen LogP) is 17.9. The predicted molar refractivity (Wildman–Crippen MR) is 324 cm³/mol. The molecule has 1 heterocycles. The summed E-state index contributed by atoms with van der Waals surface area (Å²) in [7, 11) is 0.851. The molecule has 0 amide bonds. The van der Waals surface area contributed by atoms with E-state index in [-0.39, 0.29) is 43.3 Å². The third-order valence-electron chi connectivity index (χ3n) is 21.1. The van der Waals surface area contributed by atoms with Crippen LogP contribution in [0.3, 0.4) is 0 Å². The number of fused-ring (bicyclic) bond motifs is 12. The number of rotatable bonds is 4. The fourth-order valence-electron chi connectivity index (χ4n) is 15.9. The smallest absolute Gasteiger partial charge is 0.198 e. The van der Waals surface area contributed by atoms with E-state index in [1.807, 2.05) is 0 Å². The van der Waals surface area contributed by atoms with Gasteiger partial charge in [0, 0.05) is 44.7 Å². The molecule has 3 heteroatoms. The van der Waals surface area contributed by atoms with Crippen LogP contribution in [-0.2, 0) is 43.3 Å². The number of nitrogens with zero attached hydrogens (tertiary/aromatic N) is 1. The minimum atomic E-state index is -0.249. The molecule has 382 valence electrons. The second-order valence-electron chi connectivity index (χ2n) is 29.4. The Labute approximate surface area is 451 Å². The molecule has 0 saturated carbocycles. The highest BCUT2D eigenvalue weighted by Gasteiger charge is 2.47. The van der Waals surface area contributed by atoms with Crippen LogP contribution in [0.1, 0.15) is 205 Å². The summed E-state index contributed by atoms with van der Waals surface area (Å²) in [5, 5.41) is 4.34. The number of benzene rings is 7. The Kier molecular flexibility index (Phi) is 10.1. The van der Waals surface area contributed by atoms with Crippen LogP contribution >= 0.6 is 0 Å². The van der Waals surface area contributed by atoms with Gasteiger partial charge in [-0.25, -0.2) is 0 Å². The minimum absolute atomic E-state index is 0.0557. The normalized spacial score (nSPS) is 21.1. The summed E-state index contributed by atoms with van der Waals surface area (Å²) in [6.45, 7) is 39.6. The fourth-order valence-corrected chi connectivity index (χ4v) is 15.9. The average Bonchev–Trinajstić information content (AvgIpc) is 3.80. The molecule has 0 saturated heterocycles. The molecule has 1 N–H and O–H groups in total. The van der Waals surface area contributed by atoms with Gasteiger partial charge in [0.25, 0.3) is 0 Å². The largest absolute Gasteiger partial charge is 0.354 e. The van der Waals surface area contributed by atoms with E-state index in [0.717, 1.165) is 7.28 Å². The Balaban J connectivity index is 1.15. The summed E-state index contributed by atoms with van der Waals surface area (Å²) in [4.78, 5) is 2.80. The highest BCUT2D eigenvalue weighted by molar-refractivity contribution is 6.73. The van der Waals surface area contributed by atoms with Gasteiger partial charge >= 0.3 is 0 Å². The van der Waals surface area contributed by atoms with E-state index >= 15 is 0 Å². The fraction of sp³-hybridized carbons (Fsp3) is 0.417. The van der Waals surface area contributed by atoms with Gasteiger partial charge in [0.05, 0.1) is 5.69 Å². The Morgan fingerprint density at radius 1 is 0.387 bits per heavy atom. The Morgan fingerprint density at radius 3 is 1.49 bits per heavy atom. The molecule has 7 aromatic rings. The van der Waals surface area contributed by atoms with Crippen molar-refractivity contribution in [2.24, 2.45) is 0 Å². The van der Waals surface area contributed by atoms with Gasteiger partial charge in [-0.1, -0.05) is 195 Å². The zero-order chi connectivity index (χ0) is 52.9. The number of nitrogens with one attached hydrogen (secondary N) is 1. The molecule has 75 heavy (non-hydrogen) atoms.